The van der Waals surface area contributed by atoms with Gasteiger partial charge >= 0.3 is 5.97 Å². The molecule has 1 atom stereocenters. The molecule has 148 valence electrons. The number of rotatable bonds is 4. The van der Waals surface area contributed by atoms with Crippen molar-refractivity contribution < 1.29 is 19.1 Å². The second-order valence-electron chi connectivity index (χ2n) is 7.14. The van der Waals surface area contributed by atoms with Gasteiger partial charge in [0.15, 0.2) is 0 Å². The minimum Gasteiger partial charge on any atom is -0.456 e. The summed E-state index contributed by atoms with van der Waals surface area (Å²) >= 11 is 6.14. The molecule has 2 aromatic rings. The van der Waals surface area contributed by atoms with Crippen LogP contribution in [0.15, 0.2) is 53.6 Å². The molecular weight excluding hydrogens is 394 g/mol. The second kappa shape index (κ2) is 7.33. The standard InChI is InChI=1S/C21H18ClN3O4/c1-13-7-8-15(9-16(13)22)25-18(26)11-21(20(25)28)10-17(23-24-21)19(27)29-12-14-5-3-2-4-6-14/h2-9,24H,10-12H2,1H3/t21-/m0/s1. The minimum atomic E-state index is -1.27. The van der Waals surface area contributed by atoms with E-state index in [-0.39, 0.29) is 31.1 Å². The number of aryl methyl sites for hydroxylation is 1. The molecule has 0 aliphatic carbocycles. The smallest absolute Gasteiger partial charge is 0.354 e. The lowest BCUT2D eigenvalue weighted by atomic mass is 9.93. The van der Waals surface area contributed by atoms with Crippen LogP contribution in [0.4, 0.5) is 5.69 Å². The number of amides is 2. The number of imide groups is 1. The molecule has 2 amide bonds. The predicted molar refractivity (Wildman–Crippen MR) is 107 cm³/mol. The lowest BCUT2D eigenvalue weighted by Gasteiger charge is -2.21. The van der Waals surface area contributed by atoms with Crippen molar-refractivity contribution in [3.8, 4) is 0 Å². The third kappa shape index (κ3) is 3.49. The van der Waals surface area contributed by atoms with Gasteiger partial charge in [-0.25, -0.2) is 9.69 Å². The Labute approximate surface area is 172 Å². The third-order valence-electron chi connectivity index (χ3n) is 5.05. The van der Waals surface area contributed by atoms with Gasteiger partial charge in [0.1, 0.15) is 17.9 Å². The summed E-state index contributed by atoms with van der Waals surface area (Å²) in [7, 11) is 0. The van der Waals surface area contributed by atoms with Gasteiger partial charge in [0.05, 0.1) is 12.1 Å². The molecule has 2 aromatic carbocycles. The first-order valence-electron chi connectivity index (χ1n) is 9.08. The summed E-state index contributed by atoms with van der Waals surface area (Å²) in [6.07, 6.45) is -0.114. The number of ether oxygens (including phenoxy) is 1. The fourth-order valence-electron chi connectivity index (χ4n) is 3.41. The first kappa shape index (κ1) is 19.1. The number of esters is 1. The van der Waals surface area contributed by atoms with Crippen molar-refractivity contribution in [2.75, 3.05) is 4.90 Å². The van der Waals surface area contributed by atoms with E-state index in [1.165, 1.54) is 0 Å². The predicted octanol–water partition coefficient (Wildman–Crippen LogP) is 2.74. The fraction of sp³-hybridized carbons (Fsp3) is 0.238. The highest BCUT2D eigenvalue weighted by molar-refractivity contribution is 6.39. The van der Waals surface area contributed by atoms with Gasteiger partial charge in [0.2, 0.25) is 5.91 Å². The van der Waals surface area contributed by atoms with Crippen molar-refractivity contribution in [3.63, 3.8) is 0 Å². The number of anilines is 1. The molecule has 2 aliphatic rings. The van der Waals surface area contributed by atoms with Crippen LogP contribution in [-0.4, -0.2) is 29.0 Å². The largest absolute Gasteiger partial charge is 0.456 e. The normalized spacial score (nSPS) is 20.8. The lowest BCUT2D eigenvalue weighted by Crippen LogP contribution is -2.47. The van der Waals surface area contributed by atoms with E-state index in [1.807, 2.05) is 37.3 Å². The Bertz CT molecular complexity index is 1040. The zero-order valence-corrected chi connectivity index (χ0v) is 16.4. The zero-order chi connectivity index (χ0) is 20.6. The monoisotopic (exact) mass is 411 g/mol. The van der Waals surface area contributed by atoms with Crippen LogP contribution in [0, 0.1) is 6.92 Å². The van der Waals surface area contributed by atoms with Crippen LogP contribution >= 0.6 is 11.6 Å². The van der Waals surface area contributed by atoms with Gasteiger partial charge in [0, 0.05) is 11.4 Å². The number of carbonyl (C=O) groups is 3. The average molecular weight is 412 g/mol. The molecule has 0 saturated carbocycles. The van der Waals surface area contributed by atoms with E-state index in [0.717, 1.165) is 16.0 Å². The zero-order valence-electron chi connectivity index (χ0n) is 15.6. The molecule has 1 spiro atoms. The maximum atomic E-state index is 13.1. The molecule has 1 fully saturated rings. The Balaban J connectivity index is 1.46. The Morgan fingerprint density at radius 3 is 2.69 bits per heavy atom. The number of carbonyl (C=O) groups excluding carboxylic acids is 3. The van der Waals surface area contributed by atoms with E-state index in [4.69, 9.17) is 16.3 Å². The van der Waals surface area contributed by atoms with E-state index in [2.05, 4.69) is 10.5 Å². The molecule has 0 bridgehead atoms. The number of nitrogens with zero attached hydrogens (tertiary/aromatic N) is 2. The van der Waals surface area contributed by atoms with E-state index in [9.17, 15) is 14.4 Å². The Morgan fingerprint density at radius 2 is 1.97 bits per heavy atom. The quantitative estimate of drug-likeness (QED) is 0.617. The van der Waals surface area contributed by atoms with Crippen LogP contribution in [0.1, 0.15) is 24.0 Å². The number of benzene rings is 2. The van der Waals surface area contributed by atoms with Gasteiger partial charge in [-0.15, -0.1) is 0 Å². The van der Waals surface area contributed by atoms with Gasteiger partial charge in [-0.3, -0.25) is 15.0 Å². The highest BCUT2D eigenvalue weighted by atomic mass is 35.5. The molecule has 0 radical (unpaired) electrons. The number of nitrogens with one attached hydrogen (secondary N) is 1. The minimum absolute atomic E-state index is 0.0126. The number of hydrogen-bond donors (Lipinski definition) is 1. The molecule has 2 aliphatic heterocycles. The lowest BCUT2D eigenvalue weighted by molar-refractivity contribution is -0.136. The maximum absolute atomic E-state index is 13.1. The van der Waals surface area contributed by atoms with Crippen molar-refractivity contribution in [1.82, 2.24) is 5.43 Å². The molecular formula is C21H18ClN3O4. The van der Waals surface area contributed by atoms with Crippen LogP contribution in [0.5, 0.6) is 0 Å². The van der Waals surface area contributed by atoms with E-state index in [0.29, 0.717) is 10.7 Å². The van der Waals surface area contributed by atoms with Gasteiger partial charge in [0.25, 0.3) is 5.91 Å². The molecule has 1 N–H and O–H groups in total. The van der Waals surface area contributed by atoms with E-state index >= 15 is 0 Å². The second-order valence-corrected chi connectivity index (χ2v) is 7.54. The molecule has 1 saturated heterocycles. The van der Waals surface area contributed by atoms with Crippen LogP contribution in [0.2, 0.25) is 5.02 Å². The van der Waals surface area contributed by atoms with Crippen molar-refractivity contribution in [1.29, 1.82) is 0 Å². The number of halogens is 1. The average Bonchev–Trinajstić information content (AvgIpc) is 3.24. The summed E-state index contributed by atoms with van der Waals surface area (Å²) in [6, 6.07) is 14.2. The third-order valence-corrected chi connectivity index (χ3v) is 5.46. The summed E-state index contributed by atoms with van der Waals surface area (Å²) in [5, 5.41) is 4.46. The molecule has 8 heteroatoms. The Morgan fingerprint density at radius 1 is 1.21 bits per heavy atom. The first-order chi connectivity index (χ1) is 13.9. The molecule has 7 nitrogen and oxygen atoms in total. The van der Waals surface area contributed by atoms with Gasteiger partial charge in [-0.05, 0) is 30.2 Å². The summed E-state index contributed by atoms with van der Waals surface area (Å²) in [6.45, 7) is 1.94. The van der Waals surface area contributed by atoms with Crippen molar-refractivity contribution in [2.45, 2.75) is 31.9 Å². The van der Waals surface area contributed by atoms with Crippen LogP contribution < -0.4 is 10.3 Å². The van der Waals surface area contributed by atoms with Crippen molar-refractivity contribution in [3.05, 3.63) is 64.7 Å². The fourth-order valence-corrected chi connectivity index (χ4v) is 3.59. The highest BCUT2D eigenvalue weighted by Gasteiger charge is 2.56. The highest BCUT2D eigenvalue weighted by Crippen LogP contribution is 2.36. The van der Waals surface area contributed by atoms with E-state index < -0.39 is 17.4 Å². The summed E-state index contributed by atoms with van der Waals surface area (Å²) in [5.74, 6) is -1.45. The number of hydrazone groups is 1. The maximum Gasteiger partial charge on any atom is 0.354 e. The molecule has 2 heterocycles. The van der Waals surface area contributed by atoms with Gasteiger partial charge in [-0.2, -0.15) is 5.10 Å². The van der Waals surface area contributed by atoms with Gasteiger partial charge in [-0.1, -0.05) is 48.0 Å². The van der Waals surface area contributed by atoms with Crippen LogP contribution in [0.3, 0.4) is 0 Å². The Kier molecular flexibility index (Phi) is 4.84. The van der Waals surface area contributed by atoms with Crippen LogP contribution in [0.25, 0.3) is 0 Å². The van der Waals surface area contributed by atoms with Gasteiger partial charge < -0.3 is 4.74 Å². The molecule has 0 aromatic heterocycles. The van der Waals surface area contributed by atoms with E-state index in [1.54, 1.807) is 18.2 Å². The summed E-state index contributed by atoms with van der Waals surface area (Å²) in [4.78, 5) is 39.1. The van der Waals surface area contributed by atoms with Crippen LogP contribution in [-0.2, 0) is 25.7 Å². The SMILES string of the molecule is Cc1ccc(N2C(=O)C[C@@]3(CC(C(=O)OCc4ccccc4)=NN3)C2=O)cc1Cl. The first-order valence-corrected chi connectivity index (χ1v) is 9.46. The summed E-state index contributed by atoms with van der Waals surface area (Å²) in [5.41, 5.74) is 3.61. The van der Waals surface area contributed by atoms with Crippen molar-refractivity contribution >= 4 is 40.8 Å². The van der Waals surface area contributed by atoms with Crippen molar-refractivity contribution in [2.24, 2.45) is 5.10 Å². The molecule has 0 unspecified atom stereocenters. The Hall–Kier alpha value is -3.19. The summed E-state index contributed by atoms with van der Waals surface area (Å²) < 4.78 is 5.28. The topological polar surface area (TPSA) is 88.1 Å². The molecule has 4 rings (SSSR count). The number of hydrogen-bond acceptors (Lipinski definition) is 6. The molecule has 29 heavy (non-hydrogen) atoms.